The highest BCUT2D eigenvalue weighted by Gasteiger charge is 2.33. The monoisotopic (exact) mass is 424 g/mol. The molecule has 3 aromatic rings. The van der Waals surface area contributed by atoms with Crippen LogP contribution in [-0.2, 0) is 4.79 Å². The summed E-state index contributed by atoms with van der Waals surface area (Å²) in [6, 6.07) is 17.0. The number of rotatable bonds is 5. The Morgan fingerprint density at radius 2 is 1.83 bits per heavy atom. The molecule has 0 spiro atoms. The Balaban J connectivity index is 1.42. The Morgan fingerprint density at radius 3 is 2.57 bits per heavy atom. The van der Waals surface area contributed by atoms with Crippen molar-refractivity contribution in [1.82, 2.24) is 4.90 Å². The fraction of sp³-hybridized carbons (Fsp3) is 0.217. The molecule has 1 fully saturated rings. The third-order valence-corrected chi connectivity index (χ3v) is 5.30. The average Bonchev–Trinajstić information content (AvgIpc) is 3.31. The van der Waals surface area contributed by atoms with Gasteiger partial charge < -0.3 is 19.4 Å². The van der Waals surface area contributed by atoms with E-state index in [-0.39, 0.29) is 17.6 Å². The van der Waals surface area contributed by atoms with Gasteiger partial charge in [-0.1, -0.05) is 23.7 Å². The van der Waals surface area contributed by atoms with Crippen molar-refractivity contribution < 1.29 is 18.7 Å². The van der Waals surface area contributed by atoms with Crippen molar-refractivity contribution in [2.45, 2.75) is 25.3 Å². The Labute approximate surface area is 179 Å². The number of carbonyl (C=O) groups is 2. The van der Waals surface area contributed by atoms with E-state index in [1.165, 1.54) is 6.26 Å². The molecule has 1 aliphatic rings. The number of hydrogen-bond donors (Lipinski definition) is 1. The lowest BCUT2D eigenvalue weighted by molar-refractivity contribution is -0.121. The van der Waals surface area contributed by atoms with E-state index >= 15 is 0 Å². The topological polar surface area (TPSA) is 71.8 Å². The number of nitrogens with one attached hydrogen (secondary N) is 1. The van der Waals surface area contributed by atoms with Crippen LogP contribution in [0.1, 0.15) is 29.8 Å². The minimum Gasteiger partial charge on any atom is -0.459 e. The maximum atomic E-state index is 12.9. The molecule has 1 aromatic heterocycles. The van der Waals surface area contributed by atoms with E-state index in [9.17, 15) is 9.59 Å². The molecule has 4 rings (SSSR count). The van der Waals surface area contributed by atoms with E-state index < -0.39 is 6.04 Å². The molecule has 2 aromatic carbocycles. The van der Waals surface area contributed by atoms with Gasteiger partial charge in [0, 0.05) is 12.2 Å². The van der Waals surface area contributed by atoms with Gasteiger partial charge in [-0.15, -0.1) is 0 Å². The van der Waals surface area contributed by atoms with Crippen LogP contribution in [0, 0.1) is 0 Å². The van der Waals surface area contributed by atoms with Crippen molar-refractivity contribution in [2.24, 2.45) is 0 Å². The summed E-state index contributed by atoms with van der Waals surface area (Å²) in [7, 11) is 0. The zero-order valence-corrected chi connectivity index (χ0v) is 17.0. The number of likely N-dealkylation sites (tertiary alicyclic amines) is 1. The Bertz CT molecular complexity index is 1020. The van der Waals surface area contributed by atoms with Gasteiger partial charge in [-0.25, -0.2) is 0 Å². The predicted molar refractivity (Wildman–Crippen MR) is 114 cm³/mol. The molecule has 154 valence electrons. The SMILES string of the molecule is O=C(Nc1ccc(Oc2ccccc2Cl)cc1)C1CCCCN1C(=O)c1ccco1. The van der Waals surface area contributed by atoms with Crippen LogP contribution < -0.4 is 10.1 Å². The number of hydrogen-bond acceptors (Lipinski definition) is 4. The summed E-state index contributed by atoms with van der Waals surface area (Å²) < 4.78 is 11.0. The van der Waals surface area contributed by atoms with Crippen LogP contribution >= 0.6 is 11.6 Å². The lowest BCUT2D eigenvalue weighted by atomic mass is 10.0. The first-order valence-electron chi connectivity index (χ1n) is 9.79. The number of anilines is 1. The minimum absolute atomic E-state index is 0.214. The third kappa shape index (κ3) is 4.49. The quantitative estimate of drug-likeness (QED) is 0.598. The molecular weight excluding hydrogens is 404 g/mol. The van der Waals surface area contributed by atoms with Gasteiger partial charge >= 0.3 is 0 Å². The lowest BCUT2D eigenvalue weighted by Gasteiger charge is -2.34. The van der Waals surface area contributed by atoms with Crippen LogP contribution in [0.3, 0.4) is 0 Å². The van der Waals surface area contributed by atoms with Crippen molar-refractivity contribution in [3.63, 3.8) is 0 Å². The molecule has 0 bridgehead atoms. The van der Waals surface area contributed by atoms with Gasteiger partial charge in [0.15, 0.2) is 5.76 Å². The molecule has 1 atom stereocenters. The molecule has 1 unspecified atom stereocenters. The van der Waals surface area contributed by atoms with Crippen LogP contribution in [0.15, 0.2) is 71.3 Å². The number of halogens is 1. The number of nitrogens with zero attached hydrogens (tertiary/aromatic N) is 1. The maximum absolute atomic E-state index is 12.9. The smallest absolute Gasteiger partial charge is 0.290 e. The fourth-order valence-corrected chi connectivity index (χ4v) is 3.65. The second-order valence-corrected chi connectivity index (χ2v) is 7.44. The van der Waals surface area contributed by atoms with E-state index in [2.05, 4.69) is 5.32 Å². The molecule has 1 N–H and O–H groups in total. The van der Waals surface area contributed by atoms with Crippen LogP contribution in [-0.4, -0.2) is 29.3 Å². The second-order valence-electron chi connectivity index (χ2n) is 7.03. The number of carbonyl (C=O) groups excluding carboxylic acids is 2. The maximum Gasteiger partial charge on any atom is 0.290 e. The van der Waals surface area contributed by atoms with Crippen LogP contribution in [0.5, 0.6) is 11.5 Å². The largest absolute Gasteiger partial charge is 0.459 e. The van der Waals surface area contributed by atoms with Gasteiger partial charge in [-0.2, -0.15) is 0 Å². The standard InChI is InChI=1S/C23H21ClN2O4/c24-18-6-1-2-8-20(18)30-17-12-10-16(11-13-17)25-22(27)19-7-3-4-14-26(19)23(28)21-9-5-15-29-21/h1-2,5-6,8-13,15,19H,3-4,7,14H2,(H,25,27). The summed E-state index contributed by atoms with van der Waals surface area (Å²) in [6.07, 6.45) is 3.83. The number of ether oxygens (including phenoxy) is 1. The third-order valence-electron chi connectivity index (χ3n) is 4.98. The molecule has 2 heterocycles. The zero-order valence-electron chi connectivity index (χ0n) is 16.2. The molecule has 7 heteroatoms. The molecule has 6 nitrogen and oxygen atoms in total. The number of piperidine rings is 1. The minimum atomic E-state index is -0.532. The molecule has 0 saturated carbocycles. The Morgan fingerprint density at radius 1 is 1.03 bits per heavy atom. The van der Waals surface area contributed by atoms with Gasteiger partial charge in [-0.05, 0) is 67.8 Å². The van der Waals surface area contributed by atoms with E-state index in [0.29, 0.717) is 35.2 Å². The van der Waals surface area contributed by atoms with Crippen LogP contribution in [0.2, 0.25) is 5.02 Å². The normalized spacial score (nSPS) is 16.2. The molecule has 1 saturated heterocycles. The van der Waals surface area contributed by atoms with E-state index in [0.717, 1.165) is 12.8 Å². The van der Waals surface area contributed by atoms with Crippen molar-refractivity contribution in [1.29, 1.82) is 0 Å². The number of para-hydroxylation sites is 1. The molecule has 2 amide bonds. The van der Waals surface area contributed by atoms with E-state index in [4.69, 9.17) is 20.8 Å². The number of furan rings is 1. The predicted octanol–water partition coefficient (Wildman–Crippen LogP) is 5.36. The van der Waals surface area contributed by atoms with Gasteiger partial charge in [0.05, 0.1) is 11.3 Å². The van der Waals surface area contributed by atoms with E-state index in [1.807, 2.05) is 12.1 Å². The first kappa shape index (κ1) is 20.0. The number of amides is 2. The Kier molecular flexibility index (Phi) is 6.05. The van der Waals surface area contributed by atoms with E-state index in [1.54, 1.807) is 53.4 Å². The highest BCUT2D eigenvalue weighted by Crippen LogP contribution is 2.29. The summed E-state index contributed by atoms with van der Waals surface area (Å²) in [4.78, 5) is 27.2. The summed E-state index contributed by atoms with van der Waals surface area (Å²) in [6.45, 7) is 0.530. The molecule has 0 radical (unpaired) electrons. The lowest BCUT2D eigenvalue weighted by Crippen LogP contribution is -2.49. The van der Waals surface area contributed by atoms with Crippen molar-refractivity contribution in [3.8, 4) is 11.5 Å². The molecule has 30 heavy (non-hydrogen) atoms. The van der Waals surface area contributed by atoms with Crippen molar-refractivity contribution in [3.05, 3.63) is 77.7 Å². The highest BCUT2D eigenvalue weighted by atomic mass is 35.5. The first-order valence-corrected chi connectivity index (χ1v) is 10.2. The average molecular weight is 425 g/mol. The summed E-state index contributed by atoms with van der Waals surface area (Å²) in [5.41, 5.74) is 0.627. The van der Waals surface area contributed by atoms with Gasteiger partial charge in [0.1, 0.15) is 17.5 Å². The summed E-state index contributed by atoms with van der Waals surface area (Å²) >= 11 is 6.12. The second kappa shape index (κ2) is 9.05. The van der Waals surface area contributed by atoms with Crippen LogP contribution in [0.4, 0.5) is 5.69 Å². The highest BCUT2D eigenvalue weighted by molar-refractivity contribution is 6.32. The summed E-state index contributed by atoms with van der Waals surface area (Å²) in [5.74, 6) is 0.937. The number of benzene rings is 2. The zero-order chi connectivity index (χ0) is 20.9. The van der Waals surface area contributed by atoms with Gasteiger partial charge in [0.2, 0.25) is 5.91 Å². The van der Waals surface area contributed by atoms with Gasteiger partial charge in [-0.3, -0.25) is 9.59 Å². The molecule has 0 aliphatic carbocycles. The van der Waals surface area contributed by atoms with Crippen molar-refractivity contribution in [2.75, 3.05) is 11.9 Å². The molecule has 1 aliphatic heterocycles. The Hall–Kier alpha value is -3.25. The van der Waals surface area contributed by atoms with Gasteiger partial charge in [0.25, 0.3) is 5.91 Å². The summed E-state index contributed by atoms with van der Waals surface area (Å²) in [5, 5.41) is 3.42. The first-order chi connectivity index (χ1) is 14.6. The molecular formula is C23H21ClN2O4. The van der Waals surface area contributed by atoms with Crippen molar-refractivity contribution >= 4 is 29.1 Å². The fourth-order valence-electron chi connectivity index (χ4n) is 3.48. The van der Waals surface area contributed by atoms with Crippen LogP contribution in [0.25, 0.3) is 0 Å².